The first-order chi connectivity index (χ1) is 7.25. The Morgan fingerprint density at radius 3 is 2.87 bits per heavy atom. The summed E-state index contributed by atoms with van der Waals surface area (Å²) in [6, 6.07) is 0. The van der Waals surface area contributed by atoms with Crippen molar-refractivity contribution in [1.29, 1.82) is 0 Å². The van der Waals surface area contributed by atoms with Crippen molar-refractivity contribution in [2.45, 2.75) is 32.6 Å². The van der Waals surface area contributed by atoms with Gasteiger partial charge >= 0.3 is 0 Å². The maximum absolute atomic E-state index is 11.5. The lowest BCUT2D eigenvalue weighted by atomic mass is 9.88. The molecule has 86 valence electrons. The highest BCUT2D eigenvalue weighted by Crippen LogP contribution is 2.32. The van der Waals surface area contributed by atoms with E-state index < -0.39 is 0 Å². The van der Waals surface area contributed by atoms with Crippen LogP contribution in [0.2, 0.25) is 0 Å². The fourth-order valence-corrected chi connectivity index (χ4v) is 2.27. The van der Waals surface area contributed by atoms with Gasteiger partial charge in [0.1, 0.15) is 0 Å². The Bertz CT molecular complexity index is 226. The van der Waals surface area contributed by atoms with Gasteiger partial charge in [-0.3, -0.25) is 4.79 Å². The van der Waals surface area contributed by atoms with Crippen LogP contribution in [-0.2, 0) is 4.79 Å². The predicted molar refractivity (Wildman–Crippen MR) is 60.5 cm³/mol. The molecule has 15 heavy (non-hydrogen) atoms. The molecule has 2 fully saturated rings. The third kappa shape index (κ3) is 3.49. The fourth-order valence-electron chi connectivity index (χ4n) is 2.27. The molecule has 3 nitrogen and oxygen atoms in total. The van der Waals surface area contributed by atoms with Gasteiger partial charge < -0.3 is 10.6 Å². The Balaban J connectivity index is 1.64. The molecule has 1 saturated carbocycles. The van der Waals surface area contributed by atoms with E-state index in [2.05, 4.69) is 17.6 Å². The lowest BCUT2D eigenvalue weighted by molar-refractivity contribution is -0.121. The average Bonchev–Trinajstić information content (AvgIpc) is 3.00. The van der Waals surface area contributed by atoms with E-state index in [1.54, 1.807) is 0 Å². The molecule has 1 aliphatic heterocycles. The third-order valence-corrected chi connectivity index (χ3v) is 3.70. The molecule has 0 bridgehead atoms. The molecule has 0 aromatic rings. The van der Waals surface area contributed by atoms with E-state index in [1.807, 2.05) is 0 Å². The van der Waals surface area contributed by atoms with Gasteiger partial charge in [-0.1, -0.05) is 6.92 Å². The fraction of sp³-hybridized carbons (Fsp3) is 0.917. The monoisotopic (exact) mass is 210 g/mol. The van der Waals surface area contributed by atoms with Crippen LogP contribution in [0.15, 0.2) is 0 Å². The van der Waals surface area contributed by atoms with Gasteiger partial charge in [-0.15, -0.1) is 0 Å². The van der Waals surface area contributed by atoms with E-state index in [0.29, 0.717) is 17.8 Å². The Morgan fingerprint density at radius 2 is 2.20 bits per heavy atom. The Kier molecular flexibility index (Phi) is 3.62. The quantitative estimate of drug-likeness (QED) is 0.731. The van der Waals surface area contributed by atoms with Gasteiger partial charge in [0.05, 0.1) is 0 Å². The van der Waals surface area contributed by atoms with Gasteiger partial charge in [-0.2, -0.15) is 0 Å². The smallest absolute Gasteiger partial charge is 0.220 e. The van der Waals surface area contributed by atoms with Crippen molar-refractivity contribution in [3.63, 3.8) is 0 Å². The van der Waals surface area contributed by atoms with Gasteiger partial charge in [0.2, 0.25) is 5.91 Å². The molecule has 1 heterocycles. The van der Waals surface area contributed by atoms with Gasteiger partial charge in [-0.05, 0) is 50.1 Å². The van der Waals surface area contributed by atoms with Crippen LogP contribution in [0.5, 0.6) is 0 Å². The molecule has 2 N–H and O–H groups in total. The third-order valence-electron chi connectivity index (χ3n) is 3.70. The highest BCUT2D eigenvalue weighted by atomic mass is 16.1. The number of rotatable bonds is 4. The van der Waals surface area contributed by atoms with Crippen molar-refractivity contribution < 1.29 is 4.79 Å². The highest BCUT2D eigenvalue weighted by Gasteiger charge is 2.25. The second-order valence-corrected chi connectivity index (χ2v) is 5.18. The second kappa shape index (κ2) is 4.97. The van der Waals surface area contributed by atoms with Crippen LogP contribution in [0.4, 0.5) is 0 Å². The standard InChI is InChI=1S/C12H22N2O/c1-9-7-13-5-4-11(9)8-14-12(15)6-10-2-3-10/h9-11,13H,2-8H2,1H3,(H,14,15). The molecule has 3 heteroatoms. The molecule has 0 aromatic carbocycles. The summed E-state index contributed by atoms with van der Waals surface area (Å²) in [5.41, 5.74) is 0. The van der Waals surface area contributed by atoms with Crippen molar-refractivity contribution in [3.8, 4) is 0 Å². The maximum atomic E-state index is 11.5. The summed E-state index contributed by atoms with van der Waals surface area (Å²) < 4.78 is 0. The van der Waals surface area contributed by atoms with E-state index in [9.17, 15) is 4.79 Å². The number of carbonyl (C=O) groups is 1. The number of amides is 1. The van der Waals surface area contributed by atoms with E-state index in [4.69, 9.17) is 0 Å². The Labute approximate surface area is 92.0 Å². The summed E-state index contributed by atoms with van der Waals surface area (Å²) in [6.07, 6.45) is 4.48. The first kappa shape index (κ1) is 10.9. The van der Waals surface area contributed by atoms with Crippen molar-refractivity contribution in [1.82, 2.24) is 10.6 Å². The predicted octanol–water partition coefficient (Wildman–Crippen LogP) is 1.15. The summed E-state index contributed by atoms with van der Waals surface area (Å²) in [4.78, 5) is 11.5. The number of hydrogen-bond donors (Lipinski definition) is 2. The summed E-state index contributed by atoms with van der Waals surface area (Å²) in [5.74, 6) is 2.34. The van der Waals surface area contributed by atoms with E-state index >= 15 is 0 Å². The lowest BCUT2D eigenvalue weighted by Crippen LogP contribution is -2.41. The maximum Gasteiger partial charge on any atom is 0.220 e. The van der Waals surface area contributed by atoms with Crippen LogP contribution in [-0.4, -0.2) is 25.5 Å². The molecule has 0 aromatic heterocycles. The molecular weight excluding hydrogens is 188 g/mol. The van der Waals surface area contributed by atoms with Crippen LogP contribution in [0.25, 0.3) is 0 Å². The minimum Gasteiger partial charge on any atom is -0.356 e. The molecular formula is C12H22N2O. The van der Waals surface area contributed by atoms with Crippen LogP contribution >= 0.6 is 0 Å². The molecule has 0 spiro atoms. The molecule has 1 amide bonds. The Morgan fingerprint density at radius 1 is 1.40 bits per heavy atom. The lowest BCUT2D eigenvalue weighted by Gasteiger charge is -2.29. The van der Waals surface area contributed by atoms with Crippen molar-refractivity contribution in [3.05, 3.63) is 0 Å². The molecule has 2 aliphatic rings. The van der Waals surface area contributed by atoms with E-state index in [1.165, 1.54) is 19.3 Å². The second-order valence-electron chi connectivity index (χ2n) is 5.18. The zero-order chi connectivity index (χ0) is 10.7. The van der Waals surface area contributed by atoms with Gasteiger partial charge in [0, 0.05) is 13.0 Å². The van der Waals surface area contributed by atoms with Crippen LogP contribution in [0.3, 0.4) is 0 Å². The van der Waals surface area contributed by atoms with Crippen molar-refractivity contribution in [2.24, 2.45) is 17.8 Å². The van der Waals surface area contributed by atoms with Gasteiger partial charge in [-0.25, -0.2) is 0 Å². The zero-order valence-corrected chi connectivity index (χ0v) is 9.59. The average molecular weight is 210 g/mol. The highest BCUT2D eigenvalue weighted by molar-refractivity contribution is 5.76. The largest absolute Gasteiger partial charge is 0.356 e. The summed E-state index contributed by atoms with van der Waals surface area (Å²) in [6.45, 7) is 5.36. The van der Waals surface area contributed by atoms with Crippen molar-refractivity contribution in [2.75, 3.05) is 19.6 Å². The SMILES string of the molecule is CC1CNCCC1CNC(=O)CC1CC1. The summed E-state index contributed by atoms with van der Waals surface area (Å²) in [7, 11) is 0. The molecule has 1 aliphatic carbocycles. The minimum absolute atomic E-state index is 0.267. The Hall–Kier alpha value is -0.570. The normalized spacial score (nSPS) is 31.3. The first-order valence-electron chi connectivity index (χ1n) is 6.23. The van der Waals surface area contributed by atoms with Crippen LogP contribution in [0, 0.1) is 17.8 Å². The van der Waals surface area contributed by atoms with E-state index in [-0.39, 0.29) is 5.91 Å². The molecule has 2 atom stereocenters. The number of piperidine rings is 1. The number of carbonyl (C=O) groups excluding carboxylic acids is 1. The van der Waals surface area contributed by atoms with Gasteiger partial charge in [0.25, 0.3) is 0 Å². The minimum atomic E-state index is 0.267. The topological polar surface area (TPSA) is 41.1 Å². The van der Waals surface area contributed by atoms with E-state index in [0.717, 1.165) is 26.1 Å². The van der Waals surface area contributed by atoms with Crippen LogP contribution < -0.4 is 10.6 Å². The zero-order valence-electron chi connectivity index (χ0n) is 9.59. The first-order valence-corrected chi connectivity index (χ1v) is 6.23. The molecule has 2 rings (SSSR count). The molecule has 0 radical (unpaired) electrons. The number of hydrogen-bond acceptors (Lipinski definition) is 2. The summed E-state index contributed by atoms with van der Waals surface area (Å²) in [5, 5.41) is 6.47. The molecule has 1 saturated heterocycles. The van der Waals surface area contributed by atoms with Gasteiger partial charge in [0.15, 0.2) is 0 Å². The molecule has 2 unspecified atom stereocenters. The van der Waals surface area contributed by atoms with Crippen LogP contribution in [0.1, 0.15) is 32.6 Å². The van der Waals surface area contributed by atoms with Crippen molar-refractivity contribution >= 4 is 5.91 Å². The summed E-state index contributed by atoms with van der Waals surface area (Å²) >= 11 is 0. The number of nitrogens with one attached hydrogen (secondary N) is 2.